The minimum atomic E-state index is -0.589. The van der Waals surface area contributed by atoms with Crippen LogP contribution in [0.2, 0.25) is 0 Å². The molecule has 0 atom stereocenters. The van der Waals surface area contributed by atoms with Gasteiger partial charge in [-0.3, -0.25) is 9.48 Å². The Morgan fingerprint density at radius 3 is 2.57 bits per heavy atom. The molecule has 5 nitrogen and oxygen atoms in total. The number of rotatable bonds is 6. The van der Waals surface area contributed by atoms with E-state index < -0.39 is 11.4 Å². The molecule has 2 N–H and O–H groups in total. The lowest BCUT2D eigenvalue weighted by Gasteiger charge is -2.51. The van der Waals surface area contributed by atoms with E-state index in [1.165, 1.54) is 0 Å². The van der Waals surface area contributed by atoms with Crippen molar-refractivity contribution in [3.63, 3.8) is 0 Å². The van der Waals surface area contributed by atoms with Gasteiger partial charge in [0.25, 0.3) is 0 Å². The maximum absolute atomic E-state index is 11.4. The van der Waals surface area contributed by atoms with Gasteiger partial charge in [0.05, 0.1) is 11.1 Å². The molecule has 0 radical (unpaired) electrons. The number of fused-ring (bicyclic) bond motifs is 3. The molecule has 3 fully saturated rings. The molecule has 0 saturated heterocycles. The Labute approximate surface area is 125 Å². The summed E-state index contributed by atoms with van der Waals surface area (Å²) >= 11 is 0. The summed E-state index contributed by atoms with van der Waals surface area (Å²) in [4.78, 5) is 11.4. The number of aryl methyl sites for hydroxylation is 1. The number of nitrogens with one attached hydrogen (secondary N) is 1. The molecule has 2 bridgehead atoms. The van der Waals surface area contributed by atoms with Crippen LogP contribution in [0.25, 0.3) is 0 Å². The molecule has 1 aromatic rings. The smallest absolute Gasteiger partial charge is 0.309 e. The number of hydrogen-bond donors (Lipinski definition) is 2. The van der Waals surface area contributed by atoms with Crippen molar-refractivity contribution in [1.29, 1.82) is 0 Å². The van der Waals surface area contributed by atoms with E-state index >= 15 is 0 Å². The molecule has 0 aliphatic heterocycles. The molecule has 0 unspecified atom stereocenters. The second-order valence-corrected chi connectivity index (χ2v) is 6.79. The fourth-order valence-corrected chi connectivity index (χ4v) is 3.90. The minimum Gasteiger partial charge on any atom is -0.481 e. The molecule has 0 aromatic carbocycles. The molecule has 0 amide bonds. The number of carboxylic acids is 1. The van der Waals surface area contributed by atoms with Crippen molar-refractivity contribution >= 4 is 5.97 Å². The van der Waals surface area contributed by atoms with E-state index in [2.05, 4.69) is 23.4 Å². The fourth-order valence-electron chi connectivity index (χ4n) is 3.90. The quantitative estimate of drug-likeness (QED) is 0.845. The van der Waals surface area contributed by atoms with Crippen LogP contribution in [0.1, 0.15) is 57.6 Å². The summed E-state index contributed by atoms with van der Waals surface area (Å²) in [6.07, 6.45) is 8.53. The third-order valence-corrected chi connectivity index (χ3v) is 5.49. The lowest BCUT2D eigenvalue weighted by Crippen LogP contribution is -2.56. The molecule has 3 saturated carbocycles. The first-order valence-corrected chi connectivity index (χ1v) is 8.08. The Kier molecular flexibility index (Phi) is 3.78. The van der Waals surface area contributed by atoms with Crippen LogP contribution in [0.4, 0.5) is 0 Å². The van der Waals surface area contributed by atoms with Crippen molar-refractivity contribution in [3.05, 3.63) is 18.0 Å². The summed E-state index contributed by atoms with van der Waals surface area (Å²) in [5, 5.41) is 17.7. The average Bonchev–Trinajstić information content (AvgIpc) is 2.95. The first kappa shape index (κ1) is 14.6. The lowest BCUT2D eigenvalue weighted by molar-refractivity contribution is -0.156. The van der Waals surface area contributed by atoms with Crippen LogP contribution >= 0.6 is 0 Å². The van der Waals surface area contributed by atoms with Gasteiger partial charge in [-0.15, -0.1) is 0 Å². The van der Waals surface area contributed by atoms with Crippen LogP contribution in [-0.2, 0) is 17.9 Å². The van der Waals surface area contributed by atoms with Crippen LogP contribution < -0.4 is 5.32 Å². The third-order valence-electron chi connectivity index (χ3n) is 5.49. The zero-order valence-corrected chi connectivity index (χ0v) is 12.8. The predicted molar refractivity (Wildman–Crippen MR) is 79.9 cm³/mol. The zero-order chi connectivity index (χ0) is 14.9. The Hall–Kier alpha value is -1.36. The molecule has 4 rings (SSSR count). The van der Waals surface area contributed by atoms with Crippen LogP contribution in [0.3, 0.4) is 0 Å². The summed E-state index contributed by atoms with van der Waals surface area (Å²) in [7, 11) is 0. The van der Waals surface area contributed by atoms with E-state index in [1.807, 2.05) is 10.9 Å². The topological polar surface area (TPSA) is 67.2 Å². The summed E-state index contributed by atoms with van der Waals surface area (Å²) in [5.41, 5.74) is 0.802. The Morgan fingerprint density at radius 2 is 2.00 bits per heavy atom. The summed E-state index contributed by atoms with van der Waals surface area (Å²) in [6.45, 7) is 3.90. The molecular formula is C16H25N3O2. The monoisotopic (exact) mass is 291 g/mol. The van der Waals surface area contributed by atoms with Crippen molar-refractivity contribution in [2.75, 3.05) is 0 Å². The first-order valence-electron chi connectivity index (χ1n) is 8.08. The van der Waals surface area contributed by atoms with Gasteiger partial charge in [0.1, 0.15) is 0 Å². The molecule has 0 spiro atoms. The van der Waals surface area contributed by atoms with E-state index in [4.69, 9.17) is 0 Å². The van der Waals surface area contributed by atoms with E-state index in [0.717, 1.165) is 63.7 Å². The molecule has 3 aliphatic carbocycles. The van der Waals surface area contributed by atoms with Crippen LogP contribution in [0.15, 0.2) is 12.3 Å². The number of carbonyl (C=O) groups is 1. The SMILES string of the molecule is CCCn1ccc(CNC23CCC(C(=O)O)(CC2)CC3)n1. The van der Waals surface area contributed by atoms with Gasteiger partial charge in [-0.05, 0) is 51.0 Å². The Balaban J connectivity index is 1.58. The highest BCUT2D eigenvalue weighted by molar-refractivity contribution is 5.75. The van der Waals surface area contributed by atoms with Crippen LogP contribution in [-0.4, -0.2) is 26.4 Å². The fraction of sp³-hybridized carbons (Fsp3) is 0.750. The van der Waals surface area contributed by atoms with Gasteiger partial charge in [-0.25, -0.2) is 0 Å². The van der Waals surface area contributed by atoms with Crippen LogP contribution in [0, 0.1) is 5.41 Å². The van der Waals surface area contributed by atoms with E-state index in [-0.39, 0.29) is 5.54 Å². The summed E-state index contributed by atoms with van der Waals surface area (Å²) in [5.74, 6) is -0.589. The third kappa shape index (κ3) is 2.71. The number of nitrogens with zero attached hydrogens (tertiary/aromatic N) is 2. The molecule has 1 heterocycles. The zero-order valence-electron chi connectivity index (χ0n) is 12.8. The highest BCUT2D eigenvalue weighted by atomic mass is 16.4. The standard InChI is InChI=1S/C16H25N3O2/c1-2-10-19-11-3-13(18-19)12-17-16-7-4-15(5-8-16,6-9-16)14(20)21/h3,11,17H,2,4-10,12H2,1H3,(H,20,21). The average molecular weight is 291 g/mol. The molecule has 21 heavy (non-hydrogen) atoms. The van der Waals surface area contributed by atoms with Crippen molar-refractivity contribution in [1.82, 2.24) is 15.1 Å². The van der Waals surface area contributed by atoms with Gasteiger partial charge >= 0.3 is 5.97 Å². The van der Waals surface area contributed by atoms with E-state index in [1.54, 1.807) is 0 Å². The largest absolute Gasteiger partial charge is 0.481 e. The van der Waals surface area contributed by atoms with Gasteiger partial charge in [0.15, 0.2) is 0 Å². The van der Waals surface area contributed by atoms with Gasteiger partial charge in [0, 0.05) is 24.8 Å². The molecule has 116 valence electrons. The second-order valence-electron chi connectivity index (χ2n) is 6.79. The molecule has 5 heteroatoms. The summed E-state index contributed by atoms with van der Waals surface area (Å²) < 4.78 is 1.99. The number of aromatic nitrogens is 2. The van der Waals surface area contributed by atoms with Gasteiger partial charge in [-0.2, -0.15) is 5.10 Å². The number of aliphatic carboxylic acids is 1. The highest BCUT2D eigenvalue weighted by Crippen LogP contribution is 2.52. The number of carboxylic acid groups (broad SMARTS) is 1. The second kappa shape index (κ2) is 5.44. The maximum atomic E-state index is 11.4. The number of hydrogen-bond acceptors (Lipinski definition) is 3. The van der Waals surface area contributed by atoms with Gasteiger partial charge < -0.3 is 10.4 Å². The Morgan fingerprint density at radius 1 is 1.33 bits per heavy atom. The minimum absolute atomic E-state index is 0.145. The molecule has 1 aromatic heterocycles. The van der Waals surface area contributed by atoms with Crippen molar-refractivity contribution in [3.8, 4) is 0 Å². The van der Waals surface area contributed by atoms with Crippen LogP contribution in [0.5, 0.6) is 0 Å². The summed E-state index contributed by atoms with van der Waals surface area (Å²) in [6, 6.07) is 2.08. The highest BCUT2D eigenvalue weighted by Gasteiger charge is 2.52. The van der Waals surface area contributed by atoms with Gasteiger partial charge in [0.2, 0.25) is 0 Å². The molecule has 3 aliphatic rings. The maximum Gasteiger partial charge on any atom is 0.309 e. The van der Waals surface area contributed by atoms with E-state index in [9.17, 15) is 9.90 Å². The van der Waals surface area contributed by atoms with Gasteiger partial charge in [-0.1, -0.05) is 6.92 Å². The first-order chi connectivity index (χ1) is 10.1. The Bertz CT molecular complexity index is 499. The van der Waals surface area contributed by atoms with Crippen molar-refractivity contribution < 1.29 is 9.90 Å². The normalized spacial score (nSPS) is 31.5. The lowest BCUT2D eigenvalue weighted by atomic mass is 9.57. The van der Waals surface area contributed by atoms with E-state index in [0.29, 0.717) is 0 Å². The van der Waals surface area contributed by atoms with Crippen molar-refractivity contribution in [2.45, 2.75) is 70.5 Å². The predicted octanol–water partition coefficient (Wildman–Crippen LogP) is 2.56. The van der Waals surface area contributed by atoms with Crippen molar-refractivity contribution in [2.24, 2.45) is 5.41 Å². The molecular weight excluding hydrogens is 266 g/mol.